The Balaban J connectivity index is 0.00000552. The molecule has 2 N–H and O–H groups in total. The molecular weight excluding hydrogens is 584 g/mol. The van der Waals surface area contributed by atoms with Crippen LogP contribution in [0.4, 0.5) is 14.5 Å². The first-order valence-electron chi connectivity index (χ1n) is 14.6. The number of ether oxygens (including phenoxy) is 1. The molecule has 44 heavy (non-hydrogen) atoms. The van der Waals surface area contributed by atoms with Gasteiger partial charge in [-0.2, -0.15) is 5.26 Å². The molecule has 1 heterocycles. The van der Waals surface area contributed by atoms with E-state index in [4.69, 9.17) is 16.3 Å². The minimum absolute atomic E-state index is 0. The largest absolute Gasteiger partial charge is 0.495 e. The molecule has 4 rings (SSSR count). The van der Waals surface area contributed by atoms with Gasteiger partial charge >= 0.3 is 0 Å². The fourth-order valence-electron chi connectivity index (χ4n) is 6.18. The van der Waals surface area contributed by atoms with Gasteiger partial charge in [-0.3, -0.25) is 9.59 Å². The van der Waals surface area contributed by atoms with Crippen molar-refractivity contribution in [3.63, 3.8) is 0 Å². The molecule has 0 bridgehead atoms. The van der Waals surface area contributed by atoms with Crippen LogP contribution in [0.15, 0.2) is 54.6 Å². The van der Waals surface area contributed by atoms with E-state index in [0.29, 0.717) is 17.5 Å². The lowest BCUT2D eigenvalue weighted by Crippen LogP contribution is -2.45. The number of aryl methyl sites for hydroxylation is 1. The van der Waals surface area contributed by atoms with Gasteiger partial charge in [-0.1, -0.05) is 70.5 Å². The quantitative estimate of drug-likeness (QED) is 0.248. The standard InChI is InChI=1S/C35H38ClF2N3O3.H2/c1-19(2)32(42)21-12-14-26(27(16-21)44-7)40-33(43)31-29(22-9-8-10-24(36)30(22)38)35(18-39,28(41-31)17-34(4,5)6)23-13-11-20(3)15-25(23)37;/h8-16,19,28-29,31,41H,17H2,1-7H3,(H,40,43);1H/t28-,29-,31+,35-;/m0./s1. The zero-order valence-electron chi connectivity index (χ0n) is 26.0. The molecule has 4 atom stereocenters. The molecule has 6 nitrogen and oxygen atoms in total. The molecule has 1 aliphatic heterocycles. The van der Waals surface area contributed by atoms with Crippen molar-refractivity contribution in [2.24, 2.45) is 11.3 Å². The Morgan fingerprint density at radius 2 is 1.86 bits per heavy atom. The lowest BCUT2D eigenvalue weighted by molar-refractivity contribution is -0.118. The highest BCUT2D eigenvalue weighted by Gasteiger charge is 2.61. The number of nitrogens with zero attached hydrogens (tertiary/aromatic N) is 1. The molecule has 0 spiro atoms. The van der Waals surface area contributed by atoms with Gasteiger partial charge in [0.2, 0.25) is 5.91 Å². The average Bonchev–Trinajstić information content (AvgIpc) is 3.27. The highest BCUT2D eigenvalue weighted by molar-refractivity contribution is 6.30. The predicted molar refractivity (Wildman–Crippen MR) is 170 cm³/mol. The number of nitriles is 1. The fourth-order valence-corrected chi connectivity index (χ4v) is 6.36. The summed E-state index contributed by atoms with van der Waals surface area (Å²) in [6, 6.07) is 14.2. The number of carbonyl (C=O) groups excluding carboxylic acids is 2. The third-order valence-electron chi connectivity index (χ3n) is 8.19. The summed E-state index contributed by atoms with van der Waals surface area (Å²) in [6.07, 6.45) is 0.367. The third kappa shape index (κ3) is 6.22. The third-order valence-corrected chi connectivity index (χ3v) is 8.49. The van der Waals surface area contributed by atoms with Crippen molar-refractivity contribution in [1.82, 2.24) is 5.32 Å². The van der Waals surface area contributed by atoms with E-state index in [2.05, 4.69) is 16.7 Å². The topological polar surface area (TPSA) is 91.2 Å². The lowest BCUT2D eigenvalue weighted by atomic mass is 9.62. The summed E-state index contributed by atoms with van der Waals surface area (Å²) in [4.78, 5) is 26.8. The monoisotopic (exact) mass is 623 g/mol. The van der Waals surface area contributed by atoms with Crippen LogP contribution in [-0.2, 0) is 10.2 Å². The van der Waals surface area contributed by atoms with E-state index in [9.17, 15) is 14.9 Å². The van der Waals surface area contributed by atoms with Gasteiger partial charge in [0.25, 0.3) is 0 Å². The van der Waals surface area contributed by atoms with Gasteiger partial charge in [0.15, 0.2) is 5.78 Å². The van der Waals surface area contributed by atoms with Crippen LogP contribution in [0.3, 0.4) is 0 Å². The molecule has 234 valence electrons. The highest BCUT2D eigenvalue weighted by atomic mass is 35.5. The minimum atomic E-state index is -1.70. The molecule has 1 aliphatic rings. The Labute approximate surface area is 264 Å². The Bertz CT molecular complexity index is 1640. The van der Waals surface area contributed by atoms with Gasteiger partial charge in [0.05, 0.1) is 29.9 Å². The Kier molecular flexibility index (Phi) is 9.53. The number of Topliss-reactive ketones (excluding diaryl/α,β-unsaturated/α-hetero) is 1. The van der Waals surface area contributed by atoms with Crippen molar-refractivity contribution in [2.45, 2.75) is 71.4 Å². The van der Waals surface area contributed by atoms with Crippen molar-refractivity contribution >= 4 is 29.0 Å². The maximum atomic E-state index is 15.9. The fraction of sp³-hybridized carbons (Fsp3) is 0.400. The normalized spacial score (nSPS) is 21.6. The van der Waals surface area contributed by atoms with E-state index >= 15 is 8.78 Å². The summed E-state index contributed by atoms with van der Waals surface area (Å²) < 4.78 is 37.3. The van der Waals surface area contributed by atoms with E-state index in [-0.39, 0.29) is 46.1 Å². The summed E-state index contributed by atoms with van der Waals surface area (Å²) >= 11 is 6.23. The summed E-state index contributed by atoms with van der Waals surface area (Å²) in [5, 5.41) is 17.0. The molecule has 9 heteroatoms. The average molecular weight is 624 g/mol. The molecule has 1 saturated heterocycles. The maximum Gasteiger partial charge on any atom is 0.242 e. The number of nitrogens with one attached hydrogen (secondary N) is 2. The number of halogens is 3. The van der Waals surface area contributed by atoms with Crippen LogP contribution in [0.25, 0.3) is 0 Å². The van der Waals surface area contributed by atoms with Crippen molar-refractivity contribution in [1.29, 1.82) is 5.26 Å². The Morgan fingerprint density at radius 1 is 1.16 bits per heavy atom. The molecule has 3 aromatic rings. The zero-order chi connectivity index (χ0) is 32.6. The molecule has 0 saturated carbocycles. The van der Waals surface area contributed by atoms with Gasteiger partial charge in [-0.15, -0.1) is 0 Å². The van der Waals surface area contributed by atoms with Gasteiger partial charge in [0.1, 0.15) is 22.8 Å². The summed E-state index contributed by atoms with van der Waals surface area (Å²) in [7, 11) is 1.42. The highest BCUT2D eigenvalue weighted by Crippen LogP contribution is 2.52. The second kappa shape index (κ2) is 12.7. The predicted octanol–water partition coefficient (Wildman–Crippen LogP) is 7.98. The molecule has 1 fully saturated rings. The minimum Gasteiger partial charge on any atom is -0.495 e. The van der Waals surface area contributed by atoms with E-state index in [0.717, 1.165) is 0 Å². The van der Waals surface area contributed by atoms with Gasteiger partial charge in [-0.25, -0.2) is 8.78 Å². The van der Waals surface area contributed by atoms with Crippen molar-refractivity contribution in [2.75, 3.05) is 12.4 Å². The zero-order valence-corrected chi connectivity index (χ0v) is 26.8. The van der Waals surface area contributed by atoms with Crippen LogP contribution >= 0.6 is 11.6 Å². The molecule has 0 unspecified atom stereocenters. The molecule has 0 aliphatic carbocycles. The first-order valence-corrected chi connectivity index (χ1v) is 14.9. The van der Waals surface area contributed by atoms with Gasteiger partial charge in [-0.05, 0) is 60.2 Å². The molecule has 0 aromatic heterocycles. The first-order chi connectivity index (χ1) is 20.6. The smallest absolute Gasteiger partial charge is 0.242 e. The van der Waals surface area contributed by atoms with Crippen molar-refractivity contribution < 1.29 is 24.5 Å². The molecule has 3 aromatic carbocycles. The van der Waals surface area contributed by atoms with Crippen molar-refractivity contribution in [3.8, 4) is 11.8 Å². The Morgan fingerprint density at radius 3 is 2.45 bits per heavy atom. The van der Waals surface area contributed by atoms with Gasteiger partial charge in [0, 0.05) is 30.4 Å². The Hall–Kier alpha value is -3.80. The first kappa shape index (κ1) is 33.1. The molecule has 0 radical (unpaired) electrons. The second-order valence-corrected chi connectivity index (χ2v) is 13.4. The molecule has 1 amide bonds. The number of anilines is 1. The van der Waals surface area contributed by atoms with Crippen LogP contribution in [0.5, 0.6) is 5.75 Å². The molecular formula is C35H40ClF2N3O3. The lowest BCUT2D eigenvalue weighted by Gasteiger charge is -2.37. The second-order valence-electron chi connectivity index (χ2n) is 13.0. The van der Waals surface area contributed by atoms with Crippen LogP contribution in [0.2, 0.25) is 5.02 Å². The van der Waals surface area contributed by atoms with Crippen LogP contribution in [0, 0.1) is 41.2 Å². The van der Waals surface area contributed by atoms with Crippen LogP contribution in [0.1, 0.15) is 75.4 Å². The van der Waals surface area contributed by atoms with Gasteiger partial charge < -0.3 is 15.4 Å². The number of rotatable bonds is 8. The number of hydrogen-bond acceptors (Lipinski definition) is 5. The SMILES string of the molecule is COc1cc(C(=O)C(C)C)ccc1NC(=O)[C@@H]1N[C@@H](CC(C)(C)C)[C@](C#N)(c2ccc(C)cc2F)[C@H]1c1cccc(Cl)c1F.[HH]. The number of hydrogen-bond donors (Lipinski definition) is 2. The summed E-state index contributed by atoms with van der Waals surface area (Å²) in [6.45, 7) is 11.3. The summed E-state index contributed by atoms with van der Waals surface area (Å²) in [5.74, 6) is -3.22. The van der Waals surface area contributed by atoms with E-state index in [1.807, 2.05) is 20.8 Å². The summed E-state index contributed by atoms with van der Waals surface area (Å²) in [5.41, 5.74) is -0.593. The van der Waals surface area contributed by atoms with E-state index in [1.165, 1.54) is 25.3 Å². The van der Waals surface area contributed by atoms with Crippen LogP contribution < -0.4 is 15.4 Å². The maximum absolute atomic E-state index is 15.9. The number of carbonyl (C=O) groups is 2. The number of benzene rings is 3. The number of ketones is 1. The number of amides is 1. The van der Waals surface area contributed by atoms with Crippen molar-refractivity contribution in [3.05, 3.63) is 93.5 Å². The van der Waals surface area contributed by atoms with E-state index < -0.39 is 41.0 Å². The van der Waals surface area contributed by atoms with E-state index in [1.54, 1.807) is 57.2 Å². The number of methoxy groups -OCH3 is 1. The van der Waals surface area contributed by atoms with Crippen LogP contribution in [-0.4, -0.2) is 30.9 Å².